The maximum atomic E-state index is 12.6. The molecule has 1 heterocycles. The zero-order chi connectivity index (χ0) is 16.8. The van der Waals surface area contributed by atoms with Gasteiger partial charge in [0.05, 0.1) is 6.42 Å². The number of carbonyl (C=O) groups excluding carboxylic acids is 2. The molecule has 1 aromatic heterocycles. The minimum absolute atomic E-state index is 0.0872. The van der Waals surface area contributed by atoms with E-state index in [1.165, 1.54) is 0 Å². The van der Waals surface area contributed by atoms with Gasteiger partial charge in [-0.05, 0) is 30.7 Å². The van der Waals surface area contributed by atoms with Gasteiger partial charge < -0.3 is 4.98 Å². The monoisotopic (exact) mass is 335 g/mol. The number of aromatic amines is 1. The summed E-state index contributed by atoms with van der Waals surface area (Å²) in [4.78, 5) is 28.4. The van der Waals surface area contributed by atoms with E-state index in [0.29, 0.717) is 21.7 Å². The Balaban J connectivity index is 2.07. The van der Waals surface area contributed by atoms with Crippen LogP contribution < -0.4 is 0 Å². The van der Waals surface area contributed by atoms with Gasteiger partial charge in [-0.25, -0.2) is 0 Å². The first-order valence-electron chi connectivity index (χ1n) is 7.70. The number of halogens is 1. The second-order valence-electron chi connectivity index (χ2n) is 5.95. The molecule has 0 saturated heterocycles. The van der Waals surface area contributed by atoms with Gasteiger partial charge in [-0.15, -0.1) is 0 Å². The van der Waals surface area contributed by atoms with Crippen LogP contribution in [0.1, 0.15) is 23.2 Å². The minimum atomic E-state index is -0.151. The molecule has 4 rings (SSSR count). The van der Waals surface area contributed by atoms with Crippen LogP contribution in [0, 0.1) is 6.92 Å². The Labute approximate surface area is 143 Å². The number of hydrogen-bond acceptors (Lipinski definition) is 2. The van der Waals surface area contributed by atoms with Crippen molar-refractivity contribution in [1.82, 2.24) is 4.98 Å². The summed E-state index contributed by atoms with van der Waals surface area (Å²) in [6.45, 7) is 1.92. The number of nitrogens with one attached hydrogen (secondary N) is 1. The van der Waals surface area contributed by atoms with Gasteiger partial charge in [-0.3, -0.25) is 9.59 Å². The molecule has 24 heavy (non-hydrogen) atoms. The number of carbonyl (C=O) groups is 2. The van der Waals surface area contributed by atoms with E-state index >= 15 is 0 Å². The first kappa shape index (κ1) is 14.9. The molecule has 2 aromatic carbocycles. The number of hydrogen-bond donors (Lipinski definition) is 1. The van der Waals surface area contributed by atoms with Crippen molar-refractivity contribution in [3.05, 3.63) is 70.4 Å². The molecule has 0 bridgehead atoms. The molecular formula is C20H14ClNO2. The molecule has 3 aromatic rings. The van der Waals surface area contributed by atoms with Crippen LogP contribution in [0.3, 0.4) is 0 Å². The SMILES string of the molecule is Cc1[nH]c2ccccc2c1C1=C(c2cccc(Cl)c2)C(=O)CC1=O. The summed E-state index contributed by atoms with van der Waals surface area (Å²) in [5.74, 6) is -0.287. The molecular weight excluding hydrogens is 322 g/mol. The number of para-hydroxylation sites is 1. The zero-order valence-corrected chi connectivity index (χ0v) is 13.8. The highest BCUT2D eigenvalue weighted by Gasteiger charge is 2.34. The summed E-state index contributed by atoms with van der Waals surface area (Å²) in [7, 11) is 0. The number of H-pyrrole nitrogens is 1. The number of rotatable bonds is 2. The second kappa shape index (κ2) is 5.46. The molecule has 0 radical (unpaired) electrons. The van der Waals surface area contributed by atoms with E-state index < -0.39 is 0 Å². The highest BCUT2D eigenvalue weighted by molar-refractivity contribution is 6.52. The smallest absolute Gasteiger partial charge is 0.172 e. The van der Waals surface area contributed by atoms with Crippen molar-refractivity contribution in [2.24, 2.45) is 0 Å². The van der Waals surface area contributed by atoms with Gasteiger partial charge in [0.25, 0.3) is 0 Å². The summed E-state index contributed by atoms with van der Waals surface area (Å²) in [5.41, 5.74) is 4.31. The van der Waals surface area contributed by atoms with Gasteiger partial charge in [-0.2, -0.15) is 0 Å². The van der Waals surface area contributed by atoms with Crippen molar-refractivity contribution < 1.29 is 9.59 Å². The molecule has 0 amide bonds. The van der Waals surface area contributed by atoms with Crippen LogP contribution in [0.2, 0.25) is 5.02 Å². The minimum Gasteiger partial charge on any atom is -0.358 e. The van der Waals surface area contributed by atoms with Crippen molar-refractivity contribution in [3.63, 3.8) is 0 Å². The molecule has 1 aliphatic carbocycles. The van der Waals surface area contributed by atoms with E-state index in [9.17, 15) is 9.59 Å². The van der Waals surface area contributed by atoms with Crippen LogP contribution in [0.25, 0.3) is 22.0 Å². The molecule has 1 aliphatic rings. The molecule has 0 saturated carbocycles. The fraction of sp³-hybridized carbons (Fsp3) is 0.100. The molecule has 118 valence electrons. The third kappa shape index (κ3) is 2.21. The van der Waals surface area contributed by atoms with E-state index in [2.05, 4.69) is 4.98 Å². The lowest BCUT2D eigenvalue weighted by Gasteiger charge is -2.07. The fourth-order valence-electron chi connectivity index (χ4n) is 3.41. The Hall–Kier alpha value is -2.65. The number of Topliss-reactive ketones (excluding diaryl/α,β-unsaturated/α-hetero) is 2. The maximum Gasteiger partial charge on any atom is 0.172 e. The average molecular weight is 336 g/mol. The summed E-state index contributed by atoms with van der Waals surface area (Å²) in [6.07, 6.45) is -0.0872. The highest BCUT2D eigenvalue weighted by Crippen LogP contribution is 2.40. The maximum absolute atomic E-state index is 12.6. The Bertz CT molecular complexity index is 1040. The first-order chi connectivity index (χ1) is 11.6. The van der Waals surface area contributed by atoms with Crippen molar-refractivity contribution in [2.45, 2.75) is 13.3 Å². The van der Waals surface area contributed by atoms with E-state index in [0.717, 1.165) is 22.2 Å². The first-order valence-corrected chi connectivity index (χ1v) is 8.08. The standard InChI is InChI=1S/C20H14ClNO2/c1-11-18(14-7-2-3-8-15(14)22-11)20-17(24)10-16(23)19(20)12-5-4-6-13(21)9-12/h2-9,22H,10H2,1H3. The van der Waals surface area contributed by atoms with Gasteiger partial charge in [0, 0.05) is 38.3 Å². The summed E-state index contributed by atoms with van der Waals surface area (Å²) < 4.78 is 0. The van der Waals surface area contributed by atoms with Crippen LogP contribution in [0.5, 0.6) is 0 Å². The van der Waals surface area contributed by atoms with Gasteiger partial charge in [0.1, 0.15) is 0 Å². The number of ketones is 2. The Morgan fingerprint density at radius 1 is 0.958 bits per heavy atom. The topological polar surface area (TPSA) is 49.9 Å². The van der Waals surface area contributed by atoms with Crippen LogP contribution in [-0.2, 0) is 9.59 Å². The van der Waals surface area contributed by atoms with Crippen LogP contribution in [-0.4, -0.2) is 16.6 Å². The summed E-state index contributed by atoms with van der Waals surface area (Å²) in [5, 5.41) is 1.50. The largest absolute Gasteiger partial charge is 0.358 e. The molecule has 3 nitrogen and oxygen atoms in total. The van der Waals surface area contributed by atoms with Gasteiger partial charge >= 0.3 is 0 Å². The van der Waals surface area contributed by atoms with E-state index in [1.807, 2.05) is 37.3 Å². The van der Waals surface area contributed by atoms with E-state index in [4.69, 9.17) is 11.6 Å². The van der Waals surface area contributed by atoms with Crippen LogP contribution in [0.4, 0.5) is 0 Å². The van der Waals surface area contributed by atoms with Crippen molar-refractivity contribution in [3.8, 4) is 0 Å². The summed E-state index contributed by atoms with van der Waals surface area (Å²) >= 11 is 6.08. The number of fused-ring (bicyclic) bond motifs is 1. The van der Waals surface area contributed by atoms with E-state index in [1.54, 1.807) is 18.2 Å². The molecule has 0 unspecified atom stereocenters. The van der Waals surface area contributed by atoms with Crippen molar-refractivity contribution in [2.75, 3.05) is 0 Å². The lowest BCUT2D eigenvalue weighted by molar-refractivity contribution is -0.119. The quantitative estimate of drug-likeness (QED) is 0.697. The third-order valence-corrected chi connectivity index (χ3v) is 4.62. The van der Waals surface area contributed by atoms with Gasteiger partial charge in [0.2, 0.25) is 0 Å². The Kier molecular flexibility index (Phi) is 3.39. The molecule has 0 spiro atoms. The predicted molar refractivity (Wildman–Crippen MR) is 95.9 cm³/mol. The Morgan fingerprint density at radius 2 is 1.71 bits per heavy atom. The van der Waals surface area contributed by atoms with Crippen LogP contribution in [0.15, 0.2) is 48.5 Å². The normalized spacial score (nSPS) is 14.9. The van der Waals surface area contributed by atoms with Crippen molar-refractivity contribution >= 4 is 45.2 Å². The lowest BCUT2D eigenvalue weighted by Crippen LogP contribution is -1.97. The fourth-order valence-corrected chi connectivity index (χ4v) is 3.60. The Morgan fingerprint density at radius 3 is 2.50 bits per heavy atom. The van der Waals surface area contributed by atoms with Crippen molar-refractivity contribution in [1.29, 1.82) is 0 Å². The molecule has 1 N–H and O–H groups in total. The molecule has 0 aliphatic heterocycles. The molecule has 0 fully saturated rings. The zero-order valence-electron chi connectivity index (χ0n) is 13.0. The lowest BCUT2D eigenvalue weighted by atomic mass is 9.94. The molecule has 0 atom stereocenters. The van der Waals surface area contributed by atoms with Gasteiger partial charge in [-0.1, -0.05) is 41.9 Å². The summed E-state index contributed by atoms with van der Waals surface area (Å²) in [6, 6.07) is 14.9. The number of aryl methyl sites for hydroxylation is 1. The number of benzene rings is 2. The van der Waals surface area contributed by atoms with Gasteiger partial charge in [0.15, 0.2) is 11.6 Å². The predicted octanol–water partition coefficient (Wildman–Crippen LogP) is 4.58. The number of aromatic nitrogens is 1. The highest BCUT2D eigenvalue weighted by atomic mass is 35.5. The third-order valence-electron chi connectivity index (χ3n) is 4.39. The second-order valence-corrected chi connectivity index (χ2v) is 6.39. The average Bonchev–Trinajstić information content (AvgIpc) is 3.02. The van der Waals surface area contributed by atoms with E-state index in [-0.39, 0.29) is 18.0 Å². The molecule has 4 heteroatoms. The van der Waals surface area contributed by atoms with Crippen LogP contribution >= 0.6 is 11.6 Å². The number of allylic oxidation sites excluding steroid dienone is 2.